The molecular formula is C11H19N5O4S. The summed E-state index contributed by atoms with van der Waals surface area (Å²) in [6.45, 7) is 0.651. The highest BCUT2D eigenvalue weighted by atomic mass is 32.2. The molecule has 0 saturated carbocycles. The summed E-state index contributed by atoms with van der Waals surface area (Å²) < 4.78 is 24.6. The van der Waals surface area contributed by atoms with Gasteiger partial charge in [0.1, 0.15) is 0 Å². The van der Waals surface area contributed by atoms with Crippen molar-refractivity contribution in [2.24, 2.45) is 5.73 Å². The summed E-state index contributed by atoms with van der Waals surface area (Å²) in [5.41, 5.74) is 5.53. The molecule has 9 nitrogen and oxygen atoms in total. The van der Waals surface area contributed by atoms with Gasteiger partial charge in [-0.25, -0.2) is 8.42 Å². The molecule has 2 heterocycles. The van der Waals surface area contributed by atoms with Gasteiger partial charge in [0.15, 0.2) is 15.5 Å². The molecule has 1 aliphatic rings. The van der Waals surface area contributed by atoms with Crippen LogP contribution in [0.2, 0.25) is 0 Å². The molecule has 10 heteroatoms. The smallest absolute Gasteiger partial charge is 0.276 e. The number of nitrogens with zero attached hydrogens (tertiary/aromatic N) is 4. The number of hydrogen-bond donors (Lipinski definition) is 2. The van der Waals surface area contributed by atoms with Crippen molar-refractivity contribution < 1.29 is 18.3 Å². The average Bonchev–Trinajstić information content (AvgIpc) is 3.02. The van der Waals surface area contributed by atoms with Gasteiger partial charge in [0.05, 0.1) is 30.9 Å². The monoisotopic (exact) mass is 317 g/mol. The number of amides is 1. The van der Waals surface area contributed by atoms with E-state index >= 15 is 0 Å². The fourth-order valence-electron chi connectivity index (χ4n) is 2.36. The van der Waals surface area contributed by atoms with E-state index in [-0.39, 0.29) is 30.4 Å². The normalized spacial score (nSPS) is 20.6. The largest absolute Gasteiger partial charge is 0.395 e. The van der Waals surface area contributed by atoms with E-state index in [4.69, 9.17) is 10.8 Å². The Bertz CT molecular complexity index is 600. The van der Waals surface area contributed by atoms with E-state index in [0.717, 1.165) is 0 Å². The van der Waals surface area contributed by atoms with Crippen LogP contribution in [-0.2, 0) is 16.4 Å². The molecule has 0 bridgehead atoms. The Morgan fingerprint density at radius 2 is 2.33 bits per heavy atom. The van der Waals surface area contributed by atoms with Crippen molar-refractivity contribution in [2.75, 3.05) is 31.2 Å². The van der Waals surface area contributed by atoms with Gasteiger partial charge in [0, 0.05) is 19.1 Å². The predicted octanol–water partition coefficient (Wildman–Crippen LogP) is -2.14. The van der Waals surface area contributed by atoms with Crippen molar-refractivity contribution in [3.63, 3.8) is 0 Å². The molecule has 1 atom stereocenters. The maximum absolute atomic E-state index is 12.4. The first-order chi connectivity index (χ1) is 9.96. The standard InChI is InChI=1S/C11H19N5O4S/c12-2-3-15-7-10(13-14-15)11(18)16(4-5-17)9-1-6-21(19,20)8-9/h7,9,17H,1-6,8,12H2. The SMILES string of the molecule is NCCn1cc(C(=O)N(CCO)C2CCS(=O)(=O)C2)nn1. The van der Waals surface area contributed by atoms with Gasteiger partial charge in [0.2, 0.25) is 0 Å². The van der Waals surface area contributed by atoms with Gasteiger partial charge >= 0.3 is 0 Å². The number of aliphatic hydroxyl groups is 1. The second-order valence-corrected chi connectivity index (χ2v) is 7.16. The minimum Gasteiger partial charge on any atom is -0.395 e. The van der Waals surface area contributed by atoms with Crippen LogP contribution in [0.5, 0.6) is 0 Å². The highest BCUT2D eigenvalue weighted by molar-refractivity contribution is 7.91. The summed E-state index contributed by atoms with van der Waals surface area (Å²) in [5, 5.41) is 16.7. The van der Waals surface area contributed by atoms with Crippen LogP contribution in [0.1, 0.15) is 16.9 Å². The van der Waals surface area contributed by atoms with E-state index in [2.05, 4.69) is 10.3 Å². The Morgan fingerprint density at radius 3 is 2.90 bits per heavy atom. The second kappa shape index (κ2) is 6.50. The van der Waals surface area contributed by atoms with Gasteiger partial charge in [0.25, 0.3) is 5.91 Å². The number of hydrogen-bond acceptors (Lipinski definition) is 7. The molecule has 1 aromatic rings. The third-order valence-corrected chi connectivity index (χ3v) is 5.12. The Kier molecular flexibility index (Phi) is 4.91. The van der Waals surface area contributed by atoms with Crippen LogP contribution < -0.4 is 5.73 Å². The quantitative estimate of drug-likeness (QED) is 0.612. The zero-order valence-electron chi connectivity index (χ0n) is 11.6. The first kappa shape index (κ1) is 15.9. The minimum absolute atomic E-state index is 0.0622. The fourth-order valence-corrected chi connectivity index (χ4v) is 4.09. The number of aromatic nitrogens is 3. The molecule has 1 aromatic heterocycles. The average molecular weight is 317 g/mol. The van der Waals surface area contributed by atoms with Gasteiger partial charge in [-0.15, -0.1) is 5.10 Å². The molecule has 3 N–H and O–H groups in total. The Labute approximate surface area is 122 Å². The van der Waals surface area contributed by atoms with E-state index in [1.807, 2.05) is 0 Å². The summed E-state index contributed by atoms with van der Waals surface area (Å²) in [6, 6.07) is -0.422. The van der Waals surface area contributed by atoms with Gasteiger partial charge in [-0.1, -0.05) is 5.21 Å². The van der Waals surface area contributed by atoms with Crippen LogP contribution in [0.15, 0.2) is 6.20 Å². The first-order valence-electron chi connectivity index (χ1n) is 6.69. The number of rotatable bonds is 6. The molecule has 1 amide bonds. The lowest BCUT2D eigenvalue weighted by Crippen LogP contribution is -2.43. The van der Waals surface area contributed by atoms with Crippen molar-refractivity contribution in [1.29, 1.82) is 0 Å². The molecule has 1 unspecified atom stereocenters. The molecule has 0 spiro atoms. The fraction of sp³-hybridized carbons (Fsp3) is 0.727. The van der Waals surface area contributed by atoms with Crippen molar-refractivity contribution in [1.82, 2.24) is 19.9 Å². The maximum Gasteiger partial charge on any atom is 0.276 e. The Balaban J connectivity index is 2.15. The molecule has 1 saturated heterocycles. The lowest BCUT2D eigenvalue weighted by atomic mass is 10.2. The zero-order chi connectivity index (χ0) is 15.5. The second-order valence-electron chi connectivity index (χ2n) is 4.93. The minimum atomic E-state index is -3.11. The number of aliphatic hydroxyl groups excluding tert-OH is 1. The van der Waals surface area contributed by atoms with E-state index in [1.165, 1.54) is 15.8 Å². The van der Waals surface area contributed by atoms with Crippen molar-refractivity contribution in [2.45, 2.75) is 19.0 Å². The lowest BCUT2D eigenvalue weighted by Gasteiger charge is -2.26. The summed E-state index contributed by atoms with van der Waals surface area (Å²) >= 11 is 0. The van der Waals surface area contributed by atoms with Gasteiger partial charge < -0.3 is 15.7 Å². The van der Waals surface area contributed by atoms with Crippen LogP contribution in [0, 0.1) is 0 Å². The van der Waals surface area contributed by atoms with Crippen molar-refractivity contribution >= 4 is 15.7 Å². The highest BCUT2D eigenvalue weighted by Gasteiger charge is 2.35. The topological polar surface area (TPSA) is 131 Å². The third-order valence-electron chi connectivity index (χ3n) is 3.37. The molecule has 118 valence electrons. The molecule has 1 fully saturated rings. The molecule has 1 aliphatic heterocycles. The molecule has 0 radical (unpaired) electrons. The summed E-state index contributed by atoms with van der Waals surface area (Å²) in [6.07, 6.45) is 1.86. The maximum atomic E-state index is 12.4. The van der Waals surface area contributed by atoms with Gasteiger partial charge in [-0.05, 0) is 6.42 Å². The highest BCUT2D eigenvalue weighted by Crippen LogP contribution is 2.19. The molecule has 21 heavy (non-hydrogen) atoms. The molecule has 2 rings (SSSR count). The van der Waals surface area contributed by atoms with E-state index in [9.17, 15) is 13.2 Å². The van der Waals surface area contributed by atoms with Crippen LogP contribution >= 0.6 is 0 Å². The van der Waals surface area contributed by atoms with E-state index in [1.54, 1.807) is 0 Å². The number of nitrogens with two attached hydrogens (primary N) is 1. The first-order valence-corrected chi connectivity index (χ1v) is 8.51. The van der Waals surface area contributed by atoms with Crippen molar-refractivity contribution in [3.8, 4) is 0 Å². The molecule has 0 aliphatic carbocycles. The van der Waals surface area contributed by atoms with E-state index < -0.39 is 21.8 Å². The van der Waals surface area contributed by atoms with Gasteiger partial charge in [-0.2, -0.15) is 0 Å². The predicted molar refractivity (Wildman–Crippen MR) is 74.3 cm³/mol. The summed E-state index contributed by atoms with van der Waals surface area (Å²) in [5.74, 6) is -0.433. The zero-order valence-corrected chi connectivity index (χ0v) is 12.4. The Morgan fingerprint density at radius 1 is 1.57 bits per heavy atom. The third kappa shape index (κ3) is 3.77. The summed E-state index contributed by atoms with van der Waals surface area (Å²) in [7, 11) is -3.11. The van der Waals surface area contributed by atoms with Crippen LogP contribution in [0.25, 0.3) is 0 Å². The van der Waals surface area contributed by atoms with Crippen molar-refractivity contribution in [3.05, 3.63) is 11.9 Å². The lowest BCUT2D eigenvalue weighted by molar-refractivity contribution is 0.0649. The van der Waals surface area contributed by atoms with Gasteiger partial charge in [-0.3, -0.25) is 9.48 Å². The molecular weight excluding hydrogens is 298 g/mol. The Hall–Kier alpha value is -1.52. The van der Waals surface area contributed by atoms with Crippen LogP contribution in [0.3, 0.4) is 0 Å². The number of sulfone groups is 1. The summed E-state index contributed by atoms with van der Waals surface area (Å²) in [4.78, 5) is 13.8. The van der Waals surface area contributed by atoms with Crippen LogP contribution in [0.4, 0.5) is 0 Å². The number of carbonyl (C=O) groups is 1. The number of carbonyl (C=O) groups excluding carboxylic acids is 1. The van der Waals surface area contributed by atoms with Crippen LogP contribution in [-0.4, -0.2) is 76.6 Å². The van der Waals surface area contributed by atoms with E-state index in [0.29, 0.717) is 19.5 Å². The molecule has 0 aromatic carbocycles.